The molecule has 1 saturated heterocycles. The minimum atomic E-state index is -0.0123. The van der Waals surface area contributed by atoms with Crippen molar-refractivity contribution in [3.8, 4) is 0 Å². The molecule has 1 heterocycles. The largest absolute Gasteiger partial charge is 0.338 e. The van der Waals surface area contributed by atoms with Crippen LogP contribution in [0.15, 0.2) is 46.9 Å². The molecule has 0 N–H and O–H groups in total. The van der Waals surface area contributed by atoms with E-state index in [1.165, 1.54) is 0 Å². The molecule has 0 bridgehead atoms. The first kappa shape index (κ1) is 18.1. The van der Waals surface area contributed by atoms with Gasteiger partial charge in [-0.25, -0.2) is 0 Å². The van der Waals surface area contributed by atoms with Gasteiger partial charge in [0.1, 0.15) is 0 Å². The third-order valence-electron chi connectivity index (χ3n) is 4.04. The van der Waals surface area contributed by atoms with Gasteiger partial charge in [0, 0.05) is 33.6 Å². The van der Waals surface area contributed by atoms with Crippen molar-refractivity contribution >= 4 is 56.8 Å². The summed E-state index contributed by atoms with van der Waals surface area (Å²) in [6.45, 7) is 1.41. The zero-order valence-corrected chi connectivity index (χ0v) is 16.8. The number of carbonyl (C=O) groups excluding carboxylic acids is 1. The molecule has 1 aliphatic rings. The average Bonchev–Trinajstić information content (AvgIpc) is 2.83. The van der Waals surface area contributed by atoms with Gasteiger partial charge < -0.3 is 4.90 Å². The van der Waals surface area contributed by atoms with Crippen molar-refractivity contribution in [1.29, 1.82) is 0 Å². The lowest BCUT2D eigenvalue weighted by atomic mass is 10.1. The Kier molecular flexibility index (Phi) is 6.14. The van der Waals surface area contributed by atoms with Crippen LogP contribution in [0.3, 0.4) is 0 Å². The van der Waals surface area contributed by atoms with Gasteiger partial charge >= 0.3 is 0 Å². The number of benzene rings is 2. The predicted octanol–water partition coefficient (Wildman–Crippen LogP) is 6.08. The number of amides is 1. The Morgan fingerprint density at radius 3 is 2.71 bits per heavy atom. The summed E-state index contributed by atoms with van der Waals surface area (Å²) >= 11 is 17.8. The molecule has 6 heteroatoms. The fourth-order valence-electron chi connectivity index (χ4n) is 2.79. The van der Waals surface area contributed by atoms with Crippen LogP contribution in [0.4, 0.5) is 0 Å². The van der Waals surface area contributed by atoms with Crippen LogP contribution in [0, 0.1) is 0 Å². The van der Waals surface area contributed by atoms with Crippen molar-refractivity contribution in [2.75, 3.05) is 18.8 Å². The molecule has 0 saturated carbocycles. The number of halogens is 3. The number of hydrogen-bond acceptors (Lipinski definition) is 2. The van der Waals surface area contributed by atoms with Gasteiger partial charge in [0.15, 0.2) is 0 Å². The smallest absolute Gasteiger partial charge is 0.255 e. The van der Waals surface area contributed by atoms with Gasteiger partial charge in [-0.05, 0) is 36.2 Å². The SMILES string of the molecule is O=C(c1cc(Br)ccc1Cl)N1CCSC(c2ccccc2Cl)CC1. The van der Waals surface area contributed by atoms with Crippen molar-refractivity contribution in [2.45, 2.75) is 11.7 Å². The summed E-state index contributed by atoms with van der Waals surface area (Å²) in [5.74, 6) is 0.870. The minimum Gasteiger partial charge on any atom is -0.338 e. The van der Waals surface area contributed by atoms with E-state index < -0.39 is 0 Å². The molecule has 3 rings (SSSR count). The van der Waals surface area contributed by atoms with Crippen molar-refractivity contribution in [3.05, 3.63) is 68.1 Å². The van der Waals surface area contributed by atoms with Crippen LogP contribution in [0.25, 0.3) is 0 Å². The number of hydrogen-bond donors (Lipinski definition) is 0. The lowest BCUT2D eigenvalue weighted by Gasteiger charge is -2.21. The molecule has 0 aromatic heterocycles. The van der Waals surface area contributed by atoms with Gasteiger partial charge in [0.25, 0.3) is 5.91 Å². The van der Waals surface area contributed by atoms with E-state index in [2.05, 4.69) is 22.0 Å². The van der Waals surface area contributed by atoms with Gasteiger partial charge in [-0.3, -0.25) is 4.79 Å². The van der Waals surface area contributed by atoms with Crippen LogP contribution in [-0.4, -0.2) is 29.6 Å². The number of rotatable bonds is 2. The van der Waals surface area contributed by atoms with Crippen molar-refractivity contribution in [1.82, 2.24) is 4.90 Å². The molecule has 126 valence electrons. The second-order valence-electron chi connectivity index (χ2n) is 5.59. The molecule has 1 atom stereocenters. The highest BCUT2D eigenvalue weighted by atomic mass is 79.9. The summed E-state index contributed by atoms with van der Waals surface area (Å²) in [4.78, 5) is 14.7. The van der Waals surface area contributed by atoms with Crippen LogP contribution in [-0.2, 0) is 0 Å². The number of thioether (sulfide) groups is 1. The van der Waals surface area contributed by atoms with Crippen molar-refractivity contribution < 1.29 is 4.79 Å². The Labute approximate surface area is 164 Å². The Balaban J connectivity index is 1.75. The minimum absolute atomic E-state index is 0.0123. The Morgan fingerprint density at radius 1 is 1.12 bits per heavy atom. The van der Waals surface area contributed by atoms with Gasteiger partial charge in [0.05, 0.1) is 10.6 Å². The maximum absolute atomic E-state index is 12.8. The van der Waals surface area contributed by atoms with Crippen LogP contribution in [0.2, 0.25) is 10.0 Å². The first-order chi connectivity index (χ1) is 11.6. The van der Waals surface area contributed by atoms with Crippen LogP contribution < -0.4 is 0 Å². The summed E-state index contributed by atoms with van der Waals surface area (Å²) in [5.41, 5.74) is 1.70. The monoisotopic (exact) mass is 443 g/mol. The first-order valence-corrected chi connectivity index (χ1v) is 10.3. The van der Waals surface area contributed by atoms with E-state index in [0.717, 1.165) is 27.2 Å². The fourth-order valence-corrected chi connectivity index (χ4v) is 4.95. The van der Waals surface area contributed by atoms with Gasteiger partial charge in [-0.15, -0.1) is 0 Å². The molecular formula is C18H16BrCl2NOS. The Morgan fingerprint density at radius 2 is 1.92 bits per heavy atom. The predicted molar refractivity (Wildman–Crippen MR) is 106 cm³/mol. The van der Waals surface area contributed by atoms with E-state index in [1.54, 1.807) is 12.1 Å². The maximum atomic E-state index is 12.8. The van der Waals surface area contributed by atoms with E-state index in [9.17, 15) is 4.79 Å². The standard InChI is InChI=1S/C18H16BrCl2NOS/c19-12-5-6-16(21)14(11-12)18(23)22-8-7-17(24-10-9-22)13-3-1-2-4-15(13)20/h1-6,11,17H,7-10H2. The highest BCUT2D eigenvalue weighted by molar-refractivity contribution is 9.10. The average molecular weight is 445 g/mol. The first-order valence-electron chi connectivity index (χ1n) is 7.66. The normalized spacial score (nSPS) is 18.3. The molecule has 1 aliphatic heterocycles. The molecule has 1 unspecified atom stereocenters. The lowest BCUT2D eigenvalue weighted by Crippen LogP contribution is -2.33. The quantitative estimate of drug-likeness (QED) is 0.559. The summed E-state index contributed by atoms with van der Waals surface area (Å²) in [5, 5.41) is 1.60. The Bertz CT molecular complexity index is 756. The molecule has 2 nitrogen and oxygen atoms in total. The molecule has 1 amide bonds. The Hall–Kier alpha value is -0.680. The molecule has 0 aliphatic carbocycles. The maximum Gasteiger partial charge on any atom is 0.255 e. The van der Waals surface area contributed by atoms with Crippen molar-refractivity contribution in [3.63, 3.8) is 0 Å². The summed E-state index contributed by atoms with van der Waals surface area (Å²) in [6.07, 6.45) is 0.881. The second-order valence-corrected chi connectivity index (χ2v) is 8.63. The van der Waals surface area contributed by atoms with Crippen molar-refractivity contribution in [2.24, 2.45) is 0 Å². The van der Waals surface area contributed by atoms with Gasteiger partial charge in [0.2, 0.25) is 0 Å². The van der Waals surface area contributed by atoms with E-state index in [0.29, 0.717) is 28.9 Å². The number of nitrogens with zero attached hydrogens (tertiary/aromatic N) is 1. The second kappa shape index (κ2) is 8.13. The summed E-state index contributed by atoms with van der Waals surface area (Å²) in [7, 11) is 0. The summed E-state index contributed by atoms with van der Waals surface area (Å²) < 4.78 is 0.855. The molecule has 0 radical (unpaired) electrons. The summed E-state index contributed by atoms with van der Waals surface area (Å²) in [6, 6.07) is 13.3. The molecule has 2 aromatic carbocycles. The molecule has 2 aromatic rings. The van der Waals surface area contributed by atoms with Crippen LogP contribution >= 0.6 is 50.9 Å². The molecule has 0 spiro atoms. The number of carbonyl (C=O) groups is 1. The molecule has 1 fully saturated rings. The van der Waals surface area contributed by atoms with E-state index in [1.807, 2.05) is 40.9 Å². The van der Waals surface area contributed by atoms with E-state index in [-0.39, 0.29) is 5.91 Å². The highest BCUT2D eigenvalue weighted by Crippen LogP contribution is 2.38. The van der Waals surface area contributed by atoms with Gasteiger partial charge in [-0.1, -0.05) is 57.3 Å². The van der Waals surface area contributed by atoms with Gasteiger partial charge in [-0.2, -0.15) is 11.8 Å². The fraction of sp³-hybridized carbons (Fsp3) is 0.278. The van der Waals surface area contributed by atoms with E-state index >= 15 is 0 Å². The highest BCUT2D eigenvalue weighted by Gasteiger charge is 2.25. The third kappa shape index (κ3) is 4.10. The third-order valence-corrected chi connectivity index (χ3v) is 6.52. The zero-order chi connectivity index (χ0) is 17.1. The lowest BCUT2D eigenvalue weighted by molar-refractivity contribution is 0.0766. The van der Waals surface area contributed by atoms with Crippen LogP contribution in [0.1, 0.15) is 27.6 Å². The topological polar surface area (TPSA) is 20.3 Å². The molecular weight excluding hydrogens is 429 g/mol. The zero-order valence-electron chi connectivity index (χ0n) is 12.8. The van der Waals surface area contributed by atoms with Crippen LogP contribution in [0.5, 0.6) is 0 Å². The van der Waals surface area contributed by atoms with E-state index in [4.69, 9.17) is 23.2 Å². The molecule has 24 heavy (non-hydrogen) atoms.